The Bertz CT molecular complexity index is 870. The number of piperazine rings is 1. The van der Waals surface area contributed by atoms with E-state index in [0.717, 1.165) is 25.0 Å². The van der Waals surface area contributed by atoms with Gasteiger partial charge in [0.15, 0.2) is 0 Å². The molecule has 1 atom stereocenters. The third-order valence-corrected chi connectivity index (χ3v) is 8.15. The van der Waals surface area contributed by atoms with Crippen molar-refractivity contribution in [3.63, 3.8) is 0 Å². The van der Waals surface area contributed by atoms with Crippen LogP contribution in [-0.4, -0.2) is 73.2 Å². The molecule has 2 heterocycles. The lowest BCUT2D eigenvalue weighted by molar-refractivity contribution is -0.134. The van der Waals surface area contributed by atoms with Crippen molar-refractivity contribution < 1.29 is 22.0 Å². The fourth-order valence-corrected chi connectivity index (χ4v) is 5.87. The summed E-state index contributed by atoms with van der Waals surface area (Å²) in [6.45, 7) is 8.75. The van der Waals surface area contributed by atoms with Crippen LogP contribution in [0, 0.1) is 17.6 Å². The fraction of sp³-hybridized carbons (Fsp3) is 0.650. The number of benzene rings is 1. The van der Waals surface area contributed by atoms with Gasteiger partial charge in [-0.1, -0.05) is 20.8 Å². The first-order chi connectivity index (χ1) is 13.6. The molecule has 0 spiro atoms. The van der Waals surface area contributed by atoms with Crippen LogP contribution in [0.1, 0.15) is 33.6 Å². The lowest BCUT2D eigenvalue weighted by atomic mass is 9.92. The molecule has 0 aromatic heterocycles. The van der Waals surface area contributed by atoms with Crippen LogP contribution >= 0.6 is 0 Å². The summed E-state index contributed by atoms with van der Waals surface area (Å²) in [7, 11) is -4.02. The second-order valence-electron chi connectivity index (χ2n) is 8.21. The van der Waals surface area contributed by atoms with E-state index >= 15 is 0 Å². The molecule has 3 rings (SSSR count). The van der Waals surface area contributed by atoms with Gasteiger partial charge in [-0.2, -0.15) is 4.31 Å². The molecular formula is C20H29F2N3O3S. The number of hydrogen-bond donors (Lipinski definition) is 0. The molecule has 0 aliphatic carbocycles. The van der Waals surface area contributed by atoms with Gasteiger partial charge in [0.25, 0.3) is 0 Å². The largest absolute Gasteiger partial charge is 0.341 e. The van der Waals surface area contributed by atoms with Gasteiger partial charge in [0.1, 0.15) is 16.5 Å². The Morgan fingerprint density at radius 3 is 2.34 bits per heavy atom. The highest BCUT2D eigenvalue weighted by atomic mass is 32.2. The maximum atomic E-state index is 14.0. The van der Waals surface area contributed by atoms with Crippen molar-refractivity contribution in [2.24, 2.45) is 5.92 Å². The van der Waals surface area contributed by atoms with Gasteiger partial charge in [-0.3, -0.25) is 9.69 Å². The maximum absolute atomic E-state index is 14.0. The van der Waals surface area contributed by atoms with E-state index in [1.807, 2.05) is 18.7 Å². The molecule has 2 fully saturated rings. The number of sulfonamides is 1. The third kappa shape index (κ3) is 4.18. The highest BCUT2D eigenvalue weighted by Gasteiger charge is 2.45. The zero-order chi connectivity index (χ0) is 21.4. The molecule has 0 N–H and O–H groups in total. The Labute approximate surface area is 171 Å². The quantitative estimate of drug-likeness (QED) is 0.721. The summed E-state index contributed by atoms with van der Waals surface area (Å²) in [6.07, 6.45) is 1.73. The Morgan fingerprint density at radius 2 is 1.79 bits per heavy atom. The van der Waals surface area contributed by atoms with E-state index in [1.54, 1.807) is 0 Å². The topological polar surface area (TPSA) is 60.9 Å². The summed E-state index contributed by atoms with van der Waals surface area (Å²) < 4.78 is 54.0. The molecule has 1 aromatic rings. The molecule has 0 bridgehead atoms. The monoisotopic (exact) mass is 429 g/mol. The number of nitrogens with zero attached hydrogens (tertiary/aromatic N) is 3. The molecule has 9 heteroatoms. The Balaban J connectivity index is 1.70. The molecule has 2 saturated heterocycles. The average Bonchev–Trinajstić information content (AvgIpc) is 3.13. The SMILES string of the molecule is CC[C@@]1(N2CCN(S(=O)(=O)c3ccc(F)cc3F)CC2)CCN(C(=O)C(C)C)C1. The second-order valence-corrected chi connectivity index (χ2v) is 10.1. The van der Waals surface area contributed by atoms with Gasteiger partial charge in [0.05, 0.1) is 0 Å². The molecule has 2 aliphatic heterocycles. The van der Waals surface area contributed by atoms with Crippen LogP contribution in [-0.2, 0) is 14.8 Å². The second kappa shape index (κ2) is 8.28. The summed E-state index contributed by atoms with van der Waals surface area (Å²) in [5, 5.41) is 0. The zero-order valence-electron chi connectivity index (χ0n) is 17.2. The highest BCUT2D eigenvalue weighted by Crippen LogP contribution is 2.33. The first-order valence-corrected chi connectivity index (χ1v) is 11.5. The minimum atomic E-state index is -4.02. The minimum absolute atomic E-state index is 0.0461. The molecule has 162 valence electrons. The van der Waals surface area contributed by atoms with Gasteiger partial charge in [0, 0.05) is 56.8 Å². The van der Waals surface area contributed by atoms with Crippen molar-refractivity contribution in [2.45, 2.75) is 44.0 Å². The number of carbonyl (C=O) groups is 1. The molecule has 1 amide bonds. The normalized spacial score (nSPS) is 24.4. The minimum Gasteiger partial charge on any atom is -0.341 e. The number of halogens is 2. The summed E-state index contributed by atoms with van der Waals surface area (Å²) in [5.74, 6) is -1.78. The predicted octanol–water partition coefficient (Wildman–Crippen LogP) is 2.31. The molecule has 29 heavy (non-hydrogen) atoms. The third-order valence-electron chi connectivity index (χ3n) is 6.22. The van der Waals surface area contributed by atoms with Crippen molar-refractivity contribution in [1.29, 1.82) is 0 Å². The zero-order valence-corrected chi connectivity index (χ0v) is 18.0. The van der Waals surface area contributed by atoms with E-state index in [4.69, 9.17) is 0 Å². The lowest BCUT2D eigenvalue weighted by Crippen LogP contribution is -2.59. The van der Waals surface area contributed by atoms with E-state index < -0.39 is 26.6 Å². The van der Waals surface area contributed by atoms with Gasteiger partial charge in [-0.25, -0.2) is 17.2 Å². The van der Waals surface area contributed by atoms with Gasteiger partial charge < -0.3 is 4.90 Å². The van der Waals surface area contributed by atoms with Gasteiger partial charge in [-0.05, 0) is 25.0 Å². The molecule has 2 aliphatic rings. The Kier molecular flexibility index (Phi) is 6.31. The van der Waals surface area contributed by atoms with Crippen LogP contribution in [0.25, 0.3) is 0 Å². The van der Waals surface area contributed by atoms with Gasteiger partial charge in [-0.15, -0.1) is 0 Å². The van der Waals surface area contributed by atoms with Crippen molar-refractivity contribution in [3.05, 3.63) is 29.8 Å². The number of amides is 1. The van der Waals surface area contributed by atoms with Crippen molar-refractivity contribution in [1.82, 2.24) is 14.1 Å². The highest BCUT2D eigenvalue weighted by molar-refractivity contribution is 7.89. The summed E-state index contributed by atoms with van der Waals surface area (Å²) in [6, 6.07) is 2.53. The standard InChI is InChI=1S/C20H29F2N3O3S/c1-4-20(7-8-23(14-20)19(26)15(2)3)24-9-11-25(12-10-24)29(27,28)18-6-5-16(21)13-17(18)22/h5-6,13,15H,4,7-12,14H2,1-3H3/t20-/m1/s1. The summed E-state index contributed by atoms with van der Waals surface area (Å²) in [5.41, 5.74) is -0.151. The Morgan fingerprint density at radius 1 is 1.14 bits per heavy atom. The molecule has 0 unspecified atom stereocenters. The summed E-state index contributed by atoms with van der Waals surface area (Å²) >= 11 is 0. The fourth-order valence-electron chi connectivity index (χ4n) is 4.41. The van der Waals surface area contributed by atoms with Crippen LogP contribution in [0.15, 0.2) is 23.1 Å². The molecule has 6 nitrogen and oxygen atoms in total. The van der Waals surface area contributed by atoms with E-state index in [0.29, 0.717) is 32.2 Å². The first-order valence-electron chi connectivity index (χ1n) is 10.1. The molecule has 1 aromatic carbocycles. The van der Waals surface area contributed by atoms with Crippen LogP contribution in [0.3, 0.4) is 0 Å². The number of likely N-dealkylation sites (tertiary alicyclic amines) is 1. The van der Waals surface area contributed by atoms with Gasteiger partial charge in [0.2, 0.25) is 15.9 Å². The lowest BCUT2D eigenvalue weighted by Gasteiger charge is -2.45. The smallest absolute Gasteiger partial charge is 0.246 e. The number of hydrogen-bond acceptors (Lipinski definition) is 4. The van der Waals surface area contributed by atoms with Crippen molar-refractivity contribution in [3.8, 4) is 0 Å². The van der Waals surface area contributed by atoms with E-state index in [1.165, 1.54) is 4.31 Å². The van der Waals surface area contributed by atoms with Crippen LogP contribution in [0.4, 0.5) is 8.78 Å². The van der Waals surface area contributed by atoms with Crippen molar-refractivity contribution >= 4 is 15.9 Å². The number of rotatable bonds is 5. The van der Waals surface area contributed by atoms with Crippen LogP contribution in [0.2, 0.25) is 0 Å². The van der Waals surface area contributed by atoms with E-state index in [-0.39, 0.29) is 30.5 Å². The molecular weight excluding hydrogens is 400 g/mol. The van der Waals surface area contributed by atoms with Gasteiger partial charge >= 0.3 is 0 Å². The van der Waals surface area contributed by atoms with Crippen molar-refractivity contribution in [2.75, 3.05) is 39.3 Å². The van der Waals surface area contributed by atoms with Crippen LogP contribution in [0.5, 0.6) is 0 Å². The molecule has 0 saturated carbocycles. The van der Waals surface area contributed by atoms with Crippen LogP contribution < -0.4 is 0 Å². The Hall–Kier alpha value is -1.58. The predicted molar refractivity (Wildman–Crippen MR) is 106 cm³/mol. The first kappa shape index (κ1) is 22.1. The number of carbonyl (C=O) groups excluding carboxylic acids is 1. The molecule has 0 radical (unpaired) electrons. The summed E-state index contributed by atoms with van der Waals surface area (Å²) in [4.78, 5) is 16.1. The maximum Gasteiger partial charge on any atom is 0.246 e. The average molecular weight is 430 g/mol. The van der Waals surface area contributed by atoms with E-state index in [9.17, 15) is 22.0 Å². The van der Waals surface area contributed by atoms with E-state index in [2.05, 4.69) is 11.8 Å².